The first-order valence-electron chi connectivity index (χ1n) is 6.35. The fourth-order valence-electron chi connectivity index (χ4n) is 2.31. The van der Waals surface area contributed by atoms with Gasteiger partial charge in [-0.15, -0.1) is 11.3 Å². The monoisotopic (exact) mass is 349 g/mol. The van der Waals surface area contributed by atoms with Crippen LogP contribution in [-0.4, -0.2) is 18.2 Å². The van der Waals surface area contributed by atoms with E-state index >= 15 is 0 Å². The van der Waals surface area contributed by atoms with Crippen LogP contribution in [0.1, 0.15) is 37.6 Å². The number of nitrogens with one attached hydrogen (secondary N) is 1. The van der Waals surface area contributed by atoms with Crippen molar-refractivity contribution in [3.8, 4) is 0 Å². The van der Waals surface area contributed by atoms with Crippen molar-refractivity contribution in [2.45, 2.75) is 12.8 Å². The minimum atomic E-state index is -0.0857. The molecule has 0 aliphatic carbocycles. The van der Waals surface area contributed by atoms with E-state index in [2.05, 4.69) is 21.2 Å². The number of carbonyl (C=O) groups excluding carboxylic acids is 2. The number of amides is 1. The van der Waals surface area contributed by atoms with Gasteiger partial charge in [0.15, 0.2) is 0 Å². The Morgan fingerprint density at radius 2 is 2.15 bits per heavy atom. The van der Waals surface area contributed by atoms with Gasteiger partial charge in [-0.1, -0.05) is 12.1 Å². The predicted octanol–water partition coefficient (Wildman–Crippen LogP) is 3.42. The topological polar surface area (TPSA) is 46.2 Å². The smallest absolute Gasteiger partial charge is 0.251 e. The first-order valence-corrected chi connectivity index (χ1v) is 8.03. The van der Waals surface area contributed by atoms with Crippen LogP contribution in [0.2, 0.25) is 0 Å². The molecule has 2 heterocycles. The second-order valence-corrected chi connectivity index (χ2v) is 6.43. The standard InChI is InChI=1S/C15H12BrNO2S/c16-12-5-7-20-14(12)13(18)10-4-3-9-2-1-6-17-15(19)11(9)8-10/h3-5,7-8H,1-2,6H2,(H,17,19). The molecule has 102 valence electrons. The summed E-state index contributed by atoms with van der Waals surface area (Å²) in [6, 6.07) is 7.28. The fourth-order valence-corrected chi connectivity index (χ4v) is 3.82. The summed E-state index contributed by atoms with van der Waals surface area (Å²) in [5.74, 6) is -0.135. The molecule has 0 radical (unpaired) electrons. The highest BCUT2D eigenvalue weighted by Gasteiger charge is 2.19. The van der Waals surface area contributed by atoms with Crippen molar-refractivity contribution >= 4 is 39.0 Å². The Morgan fingerprint density at radius 3 is 2.90 bits per heavy atom. The van der Waals surface area contributed by atoms with Crippen LogP contribution in [0.4, 0.5) is 0 Å². The third kappa shape index (κ3) is 2.43. The maximum absolute atomic E-state index is 12.5. The van der Waals surface area contributed by atoms with Gasteiger partial charge in [0, 0.05) is 22.1 Å². The van der Waals surface area contributed by atoms with Crippen LogP contribution >= 0.6 is 27.3 Å². The highest BCUT2D eigenvalue weighted by Crippen LogP contribution is 2.26. The van der Waals surface area contributed by atoms with Crippen LogP contribution in [0.25, 0.3) is 0 Å². The van der Waals surface area contributed by atoms with Crippen molar-refractivity contribution in [1.29, 1.82) is 0 Å². The lowest BCUT2D eigenvalue weighted by molar-refractivity contribution is 0.0956. The highest BCUT2D eigenvalue weighted by atomic mass is 79.9. The summed E-state index contributed by atoms with van der Waals surface area (Å²) in [6.45, 7) is 0.688. The van der Waals surface area contributed by atoms with Gasteiger partial charge in [-0.3, -0.25) is 9.59 Å². The van der Waals surface area contributed by atoms with E-state index in [1.165, 1.54) is 11.3 Å². The lowest BCUT2D eigenvalue weighted by Gasteiger charge is -2.07. The quantitative estimate of drug-likeness (QED) is 0.844. The van der Waals surface area contributed by atoms with E-state index in [1.54, 1.807) is 6.07 Å². The molecule has 5 heteroatoms. The molecule has 1 aromatic heterocycles. The lowest BCUT2D eigenvalue weighted by atomic mass is 9.98. The molecule has 1 aromatic carbocycles. The summed E-state index contributed by atoms with van der Waals surface area (Å²) in [7, 11) is 0. The molecule has 0 atom stereocenters. The van der Waals surface area contributed by atoms with E-state index in [0.717, 1.165) is 22.9 Å². The molecule has 1 amide bonds. The van der Waals surface area contributed by atoms with Crippen molar-refractivity contribution in [1.82, 2.24) is 5.32 Å². The SMILES string of the molecule is O=C1NCCCc2ccc(C(=O)c3sccc3Br)cc21. The van der Waals surface area contributed by atoms with Crippen LogP contribution in [-0.2, 0) is 6.42 Å². The zero-order valence-corrected chi connectivity index (χ0v) is 13.0. The van der Waals surface area contributed by atoms with Crippen molar-refractivity contribution < 1.29 is 9.59 Å². The average molecular weight is 350 g/mol. The van der Waals surface area contributed by atoms with Crippen LogP contribution in [0.5, 0.6) is 0 Å². The molecule has 2 aromatic rings. The minimum Gasteiger partial charge on any atom is -0.352 e. The molecule has 20 heavy (non-hydrogen) atoms. The molecule has 0 saturated heterocycles. The second kappa shape index (κ2) is 5.50. The Bertz CT molecular complexity index is 693. The largest absolute Gasteiger partial charge is 0.352 e. The molecule has 0 bridgehead atoms. The van der Waals surface area contributed by atoms with Crippen molar-refractivity contribution in [2.24, 2.45) is 0 Å². The minimum absolute atomic E-state index is 0.0493. The van der Waals surface area contributed by atoms with E-state index in [9.17, 15) is 9.59 Å². The van der Waals surface area contributed by atoms with Crippen molar-refractivity contribution in [3.63, 3.8) is 0 Å². The number of aryl methyl sites for hydroxylation is 1. The summed E-state index contributed by atoms with van der Waals surface area (Å²) >= 11 is 4.77. The number of benzene rings is 1. The van der Waals surface area contributed by atoms with Gasteiger partial charge in [0.05, 0.1) is 4.88 Å². The highest BCUT2D eigenvalue weighted by molar-refractivity contribution is 9.10. The maximum atomic E-state index is 12.5. The zero-order chi connectivity index (χ0) is 14.1. The second-order valence-electron chi connectivity index (χ2n) is 4.66. The first-order chi connectivity index (χ1) is 9.66. The number of thiophene rings is 1. The van der Waals surface area contributed by atoms with Gasteiger partial charge in [0.2, 0.25) is 5.78 Å². The van der Waals surface area contributed by atoms with Crippen molar-refractivity contribution in [2.75, 3.05) is 6.54 Å². The number of fused-ring (bicyclic) bond motifs is 1. The van der Waals surface area contributed by atoms with E-state index in [1.807, 2.05) is 23.6 Å². The van der Waals surface area contributed by atoms with Crippen molar-refractivity contribution in [3.05, 3.63) is 55.7 Å². The molecule has 1 aliphatic rings. The van der Waals surface area contributed by atoms with E-state index in [4.69, 9.17) is 0 Å². The van der Waals surface area contributed by atoms with Gasteiger partial charge in [0.1, 0.15) is 0 Å². The van der Waals surface area contributed by atoms with Crippen LogP contribution in [0.3, 0.4) is 0 Å². The third-order valence-corrected chi connectivity index (χ3v) is 5.18. The number of halogens is 1. The Hall–Kier alpha value is -1.46. The Labute approximate surface area is 129 Å². The van der Waals surface area contributed by atoms with Gasteiger partial charge in [-0.25, -0.2) is 0 Å². The van der Waals surface area contributed by atoms with Gasteiger partial charge in [-0.05, 0) is 51.8 Å². The zero-order valence-electron chi connectivity index (χ0n) is 10.6. The molecular weight excluding hydrogens is 338 g/mol. The number of hydrogen-bond donors (Lipinski definition) is 1. The molecule has 0 unspecified atom stereocenters. The number of carbonyl (C=O) groups is 2. The van der Waals surface area contributed by atoms with Gasteiger partial charge < -0.3 is 5.32 Å². The molecule has 0 spiro atoms. The predicted molar refractivity (Wildman–Crippen MR) is 82.5 cm³/mol. The lowest BCUT2D eigenvalue weighted by Crippen LogP contribution is -2.22. The third-order valence-electron chi connectivity index (χ3n) is 3.35. The number of hydrogen-bond acceptors (Lipinski definition) is 3. The maximum Gasteiger partial charge on any atom is 0.251 e. The summed E-state index contributed by atoms with van der Waals surface area (Å²) in [5, 5.41) is 4.72. The van der Waals surface area contributed by atoms with E-state index in [-0.39, 0.29) is 11.7 Å². The summed E-state index contributed by atoms with van der Waals surface area (Å²) in [4.78, 5) is 25.1. The van der Waals surface area contributed by atoms with Crippen LogP contribution in [0, 0.1) is 0 Å². The van der Waals surface area contributed by atoms with Gasteiger partial charge in [-0.2, -0.15) is 0 Å². The molecule has 1 N–H and O–H groups in total. The number of rotatable bonds is 2. The first kappa shape index (κ1) is 13.5. The Morgan fingerprint density at radius 1 is 1.30 bits per heavy atom. The molecule has 3 rings (SSSR count). The fraction of sp³-hybridized carbons (Fsp3) is 0.200. The molecule has 3 nitrogen and oxygen atoms in total. The van der Waals surface area contributed by atoms with Gasteiger partial charge >= 0.3 is 0 Å². The van der Waals surface area contributed by atoms with Crippen LogP contribution in [0.15, 0.2) is 34.1 Å². The summed E-state index contributed by atoms with van der Waals surface area (Å²) in [5.41, 5.74) is 2.20. The molecule has 0 saturated carbocycles. The number of ketones is 1. The normalized spacial score (nSPS) is 14.3. The summed E-state index contributed by atoms with van der Waals surface area (Å²) < 4.78 is 0.798. The van der Waals surface area contributed by atoms with Crippen LogP contribution < -0.4 is 5.32 Å². The van der Waals surface area contributed by atoms with E-state index < -0.39 is 0 Å². The van der Waals surface area contributed by atoms with Gasteiger partial charge in [0.25, 0.3) is 5.91 Å². The molecular formula is C15H12BrNO2S. The molecule has 0 fully saturated rings. The summed E-state index contributed by atoms with van der Waals surface area (Å²) in [6.07, 6.45) is 1.80. The Kier molecular flexibility index (Phi) is 3.72. The molecule has 1 aliphatic heterocycles. The van der Waals surface area contributed by atoms with E-state index in [0.29, 0.717) is 22.5 Å². The Balaban J connectivity index is 2.02. The average Bonchev–Trinajstić information content (AvgIpc) is 2.79.